The molecule has 0 radical (unpaired) electrons. The third-order valence-corrected chi connectivity index (χ3v) is 3.79. The van der Waals surface area contributed by atoms with Gasteiger partial charge in [-0.15, -0.1) is 0 Å². The predicted octanol–water partition coefficient (Wildman–Crippen LogP) is 2.18. The summed E-state index contributed by atoms with van der Waals surface area (Å²) in [4.78, 5) is 4.72. The molecule has 4 nitrogen and oxygen atoms in total. The molecule has 0 bridgehead atoms. The van der Waals surface area contributed by atoms with E-state index in [-0.39, 0.29) is 0 Å². The highest BCUT2D eigenvalue weighted by Gasteiger charge is 2.32. The number of aryl methyl sites for hydroxylation is 1. The zero-order valence-corrected chi connectivity index (χ0v) is 11.6. The summed E-state index contributed by atoms with van der Waals surface area (Å²) in [6.45, 7) is 8.91. The third kappa shape index (κ3) is 2.38. The van der Waals surface area contributed by atoms with Crippen LogP contribution in [0, 0.1) is 5.41 Å². The molecular formula is C15H21N3O. The summed E-state index contributed by atoms with van der Waals surface area (Å²) in [6, 6.07) is 8.32. The molecule has 2 aromatic rings. The van der Waals surface area contributed by atoms with E-state index in [1.165, 1.54) is 5.52 Å². The lowest BCUT2D eigenvalue weighted by Gasteiger charge is -2.38. The monoisotopic (exact) mass is 259 g/mol. The van der Waals surface area contributed by atoms with Crippen LogP contribution in [0.2, 0.25) is 0 Å². The lowest BCUT2D eigenvalue weighted by molar-refractivity contribution is -0.0992. The normalized spacial score (nSPS) is 17.6. The first-order valence-electron chi connectivity index (χ1n) is 6.94. The Balaban J connectivity index is 1.73. The summed E-state index contributed by atoms with van der Waals surface area (Å²) in [5, 5.41) is 3.52. The van der Waals surface area contributed by atoms with Crippen molar-refractivity contribution in [1.29, 1.82) is 0 Å². The van der Waals surface area contributed by atoms with Gasteiger partial charge in [-0.2, -0.15) is 0 Å². The Labute approximate surface area is 113 Å². The van der Waals surface area contributed by atoms with Crippen LogP contribution in [0.3, 0.4) is 0 Å². The van der Waals surface area contributed by atoms with E-state index in [2.05, 4.69) is 41.9 Å². The predicted molar refractivity (Wildman–Crippen MR) is 76.0 cm³/mol. The second-order valence-electron chi connectivity index (χ2n) is 5.67. The molecule has 0 atom stereocenters. The minimum atomic E-state index is 0.309. The van der Waals surface area contributed by atoms with Gasteiger partial charge in [-0.05, 0) is 19.1 Å². The first kappa shape index (κ1) is 12.6. The van der Waals surface area contributed by atoms with Crippen LogP contribution in [-0.2, 0) is 17.8 Å². The number of fused-ring (bicyclic) bond motifs is 1. The first-order chi connectivity index (χ1) is 9.22. The molecular weight excluding hydrogens is 238 g/mol. The van der Waals surface area contributed by atoms with Crippen molar-refractivity contribution in [2.75, 3.05) is 19.8 Å². The maximum Gasteiger partial charge on any atom is 0.123 e. The fraction of sp³-hybridized carbons (Fsp3) is 0.533. The molecule has 0 amide bonds. The topological polar surface area (TPSA) is 39.1 Å². The summed E-state index contributed by atoms with van der Waals surface area (Å²) in [5.41, 5.74) is 2.61. The summed E-state index contributed by atoms with van der Waals surface area (Å²) in [6.07, 6.45) is 0. The molecule has 19 heavy (non-hydrogen) atoms. The molecule has 0 aliphatic carbocycles. The molecule has 1 aromatic heterocycles. The lowest BCUT2D eigenvalue weighted by Crippen LogP contribution is -2.47. The second-order valence-corrected chi connectivity index (χ2v) is 5.67. The minimum absolute atomic E-state index is 0.309. The Morgan fingerprint density at radius 2 is 2.16 bits per heavy atom. The van der Waals surface area contributed by atoms with Gasteiger partial charge in [0.25, 0.3) is 0 Å². The van der Waals surface area contributed by atoms with Crippen molar-refractivity contribution < 1.29 is 4.74 Å². The van der Waals surface area contributed by atoms with Crippen LogP contribution in [0.15, 0.2) is 24.3 Å². The number of rotatable bonds is 5. The highest BCUT2D eigenvalue weighted by atomic mass is 16.5. The molecule has 3 rings (SSSR count). The maximum absolute atomic E-state index is 5.27. The van der Waals surface area contributed by atoms with E-state index in [0.29, 0.717) is 5.41 Å². The molecule has 1 aliphatic rings. The molecule has 0 saturated carbocycles. The van der Waals surface area contributed by atoms with E-state index in [1.54, 1.807) is 0 Å². The third-order valence-electron chi connectivity index (χ3n) is 3.79. The number of hydrogen-bond acceptors (Lipinski definition) is 3. The molecule has 1 aliphatic heterocycles. The fourth-order valence-corrected chi connectivity index (χ4v) is 2.64. The SMILES string of the molecule is CCn1c(CNCC2(C)COC2)nc2ccccc21. The second kappa shape index (κ2) is 4.94. The number of benzene rings is 1. The van der Waals surface area contributed by atoms with E-state index in [1.807, 2.05) is 6.07 Å². The van der Waals surface area contributed by atoms with Gasteiger partial charge in [0.05, 0.1) is 30.8 Å². The highest BCUT2D eigenvalue weighted by molar-refractivity contribution is 5.75. The van der Waals surface area contributed by atoms with Gasteiger partial charge in [-0.3, -0.25) is 0 Å². The zero-order valence-electron chi connectivity index (χ0n) is 11.6. The van der Waals surface area contributed by atoms with Crippen molar-refractivity contribution in [1.82, 2.24) is 14.9 Å². The van der Waals surface area contributed by atoms with Crippen LogP contribution in [0.1, 0.15) is 19.7 Å². The Morgan fingerprint density at radius 1 is 1.37 bits per heavy atom. The van der Waals surface area contributed by atoms with Gasteiger partial charge >= 0.3 is 0 Å². The molecule has 1 N–H and O–H groups in total. The van der Waals surface area contributed by atoms with Crippen molar-refractivity contribution >= 4 is 11.0 Å². The van der Waals surface area contributed by atoms with Gasteiger partial charge in [0.2, 0.25) is 0 Å². The van der Waals surface area contributed by atoms with E-state index in [0.717, 1.165) is 44.2 Å². The van der Waals surface area contributed by atoms with Crippen LogP contribution >= 0.6 is 0 Å². The molecule has 102 valence electrons. The molecule has 0 spiro atoms. The molecule has 0 unspecified atom stereocenters. The summed E-state index contributed by atoms with van der Waals surface area (Å²) in [5.74, 6) is 1.12. The zero-order chi connectivity index (χ0) is 13.3. The van der Waals surface area contributed by atoms with Gasteiger partial charge in [0.15, 0.2) is 0 Å². The number of aromatic nitrogens is 2. The Hall–Kier alpha value is -1.39. The summed E-state index contributed by atoms with van der Waals surface area (Å²) >= 11 is 0. The quantitative estimate of drug-likeness (QED) is 0.894. The van der Waals surface area contributed by atoms with Crippen LogP contribution in [-0.4, -0.2) is 29.3 Å². The Kier molecular flexibility index (Phi) is 3.29. The van der Waals surface area contributed by atoms with E-state index < -0.39 is 0 Å². The smallest absolute Gasteiger partial charge is 0.123 e. The first-order valence-corrected chi connectivity index (χ1v) is 6.94. The number of ether oxygens (including phenoxy) is 1. The Morgan fingerprint density at radius 3 is 2.84 bits per heavy atom. The average molecular weight is 259 g/mol. The molecule has 1 fully saturated rings. The highest BCUT2D eigenvalue weighted by Crippen LogP contribution is 2.25. The van der Waals surface area contributed by atoms with Gasteiger partial charge in [-0.25, -0.2) is 4.98 Å². The largest absolute Gasteiger partial charge is 0.380 e. The van der Waals surface area contributed by atoms with Crippen LogP contribution in [0.25, 0.3) is 11.0 Å². The van der Waals surface area contributed by atoms with Crippen molar-refractivity contribution in [2.45, 2.75) is 26.9 Å². The molecule has 2 heterocycles. The molecule has 4 heteroatoms. The van der Waals surface area contributed by atoms with Crippen molar-refractivity contribution in [3.63, 3.8) is 0 Å². The van der Waals surface area contributed by atoms with E-state index >= 15 is 0 Å². The number of para-hydroxylation sites is 2. The summed E-state index contributed by atoms with van der Waals surface area (Å²) in [7, 11) is 0. The van der Waals surface area contributed by atoms with Gasteiger partial charge in [-0.1, -0.05) is 19.1 Å². The van der Waals surface area contributed by atoms with Crippen molar-refractivity contribution in [3.05, 3.63) is 30.1 Å². The van der Waals surface area contributed by atoms with Crippen molar-refractivity contribution in [3.8, 4) is 0 Å². The minimum Gasteiger partial charge on any atom is -0.380 e. The van der Waals surface area contributed by atoms with Crippen LogP contribution in [0.4, 0.5) is 0 Å². The number of nitrogens with zero attached hydrogens (tertiary/aromatic N) is 2. The fourth-order valence-electron chi connectivity index (χ4n) is 2.64. The number of hydrogen-bond donors (Lipinski definition) is 1. The van der Waals surface area contributed by atoms with Crippen LogP contribution < -0.4 is 5.32 Å². The average Bonchev–Trinajstić information content (AvgIpc) is 2.74. The van der Waals surface area contributed by atoms with E-state index in [9.17, 15) is 0 Å². The molecule has 1 saturated heterocycles. The number of nitrogens with one attached hydrogen (secondary N) is 1. The Bertz CT molecular complexity index is 572. The summed E-state index contributed by atoms with van der Waals surface area (Å²) < 4.78 is 7.55. The maximum atomic E-state index is 5.27. The van der Waals surface area contributed by atoms with Crippen LogP contribution in [0.5, 0.6) is 0 Å². The van der Waals surface area contributed by atoms with Gasteiger partial charge < -0.3 is 14.6 Å². The van der Waals surface area contributed by atoms with Gasteiger partial charge in [0.1, 0.15) is 5.82 Å². The van der Waals surface area contributed by atoms with E-state index in [4.69, 9.17) is 9.72 Å². The molecule has 1 aromatic carbocycles. The van der Waals surface area contributed by atoms with Gasteiger partial charge in [0, 0.05) is 18.5 Å². The van der Waals surface area contributed by atoms with Crippen molar-refractivity contribution in [2.24, 2.45) is 5.41 Å². The lowest BCUT2D eigenvalue weighted by atomic mass is 9.89. The number of imidazole rings is 1. The standard InChI is InChI=1S/C15H21N3O/c1-3-18-13-7-5-4-6-12(13)17-14(18)8-16-9-15(2)10-19-11-15/h4-7,16H,3,8-11H2,1-2H3.